The molecule has 8 nitrogen and oxygen atoms in total. The Balaban J connectivity index is 1.45. The van der Waals surface area contributed by atoms with E-state index in [0.29, 0.717) is 38.2 Å². The number of carbonyl (C=O) groups is 1. The number of sulfone groups is 1. The molecule has 1 amide bonds. The lowest BCUT2D eigenvalue weighted by Gasteiger charge is -2.37. The summed E-state index contributed by atoms with van der Waals surface area (Å²) in [6.07, 6.45) is 6.11. The van der Waals surface area contributed by atoms with Gasteiger partial charge in [0.2, 0.25) is 0 Å². The molecule has 2 aromatic rings. The molecule has 0 N–H and O–H groups in total. The number of piperazine rings is 1. The standard InChI is InChI=1S/C17H23N5O3S/c1-19-16(21-5-2-3-6-21)15(12-18-19)17(23)22-9-7-20(8-10-22)14-4-11-26(24,25)13-14/h2-3,5-6,12,14H,4,7-11,13H2,1H3/t14-/m0/s1. The average molecular weight is 377 g/mol. The zero-order chi connectivity index (χ0) is 18.3. The molecule has 4 rings (SSSR count). The summed E-state index contributed by atoms with van der Waals surface area (Å²) in [5.41, 5.74) is 0.584. The molecule has 9 heteroatoms. The third kappa shape index (κ3) is 3.16. The summed E-state index contributed by atoms with van der Waals surface area (Å²) in [5.74, 6) is 1.26. The van der Waals surface area contributed by atoms with E-state index in [-0.39, 0.29) is 23.5 Å². The first-order chi connectivity index (χ1) is 12.4. The van der Waals surface area contributed by atoms with Crippen LogP contribution in [0.3, 0.4) is 0 Å². The van der Waals surface area contributed by atoms with Gasteiger partial charge >= 0.3 is 0 Å². The van der Waals surface area contributed by atoms with Gasteiger partial charge in [-0.15, -0.1) is 0 Å². The number of hydrogen-bond donors (Lipinski definition) is 0. The molecule has 2 saturated heterocycles. The zero-order valence-electron chi connectivity index (χ0n) is 14.8. The van der Waals surface area contributed by atoms with Crippen molar-refractivity contribution in [1.82, 2.24) is 24.1 Å². The largest absolute Gasteiger partial charge is 0.336 e. The lowest BCUT2D eigenvalue weighted by Crippen LogP contribution is -2.52. The molecule has 2 aliphatic rings. The fourth-order valence-corrected chi connectivity index (χ4v) is 5.65. The number of carbonyl (C=O) groups excluding carboxylic acids is 1. The normalized spacial score (nSPS) is 23.4. The van der Waals surface area contributed by atoms with E-state index in [0.717, 1.165) is 5.82 Å². The van der Waals surface area contributed by atoms with Gasteiger partial charge in [0.15, 0.2) is 9.84 Å². The van der Waals surface area contributed by atoms with Gasteiger partial charge in [-0.05, 0) is 18.6 Å². The fourth-order valence-electron chi connectivity index (χ4n) is 3.89. The predicted octanol–water partition coefficient (Wildman–Crippen LogP) is 0.156. The van der Waals surface area contributed by atoms with Gasteiger partial charge in [0, 0.05) is 51.7 Å². The van der Waals surface area contributed by atoms with Crippen molar-refractivity contribution in [3.8, 4) is 5.82 Å². The highest BCUT2D eigenvalue weighted by Crippen LogP contribution is 2.21. The van der Waals surface area contributed by atoms with Gasteiger partial charge in [-0.1, -0.05) is 0 Å². The molecule has 0 spiro atoms. The number of aromatic nitrogens is 3. The molecular formula is C17H23N5O3S. The van der Waals surface area contributed by atoms with Crippen LogP contribution in [-0.2, 0) is 16.9 Å². The molecule has 2 aliphatic heterocycles. The molecule has 26 heavy (non-hydrogen) atoms. The zero-order valence-corrected chi connectivity index (χ0v) is 15.6. The number of aryl methyl sites for hydroxylation is 1. The summed E-state index contributed by atoms with van der Waals surface area (Å²) in [6.45, 7) is 2.64. The highest BCUT2D eigenvalue weighted by molar-refractivity contribution is 7.91. The van der Waals surface area contributed by atoms with E-state index >= 15 is 0 Å². The Labute approximate surface area is 152 Å². The topological polar surface area (TPSA) is 80.4 Å². The van der Waals surface area contributed by atoms with Crippen LogP contribution in [0.15, 0.2) is 30.7 Å². The molecule has 4 heterocycles. The quantitative estimate of drug-likeness (QED) is 0.761. The van der Waals surface area contributed by atoms with Crippen LogP contribution in [0.2, 0.25) is 0 Å². The van der Waals surface area contributed by atoms with Crippen LogP contribution >= 0.6 is 0 Å². The van der Waals surface area contributed by atoms with Crippen LogP contribution in [0.4, 0.5) is 0 Å². The van der Waals surface area contributed by atoms with Crippen molar-refractivity contribution in [3.05, 3.63) is 36.3 Å². The van der Waals surface area contributed by atoms with Gasteiger partial charge < -0.3 is 9.47 Å². The van der Waals surface area contributed by atoms with E-state index in [2.05, 4.69) is 10.00 Å². The first kappa shape index (κ1) is 17.3. The summed E-state index contributed by atoms with van der Waals surface area (Å²) in [5, 5.41) is 4.25. The molecule has 0 radical (unpaired) electrons. The minimum absolute atomic E-state index is 0.0273. The van der Waals surface area contributed by atoms with E-state index < -0.39 is 9.84 Å². The van der Waals surface area contributed by atoms with Crippen LogP contribution in [0, 0.1) is 0 Å². The van der Waals surface area contributed by atoms with Gasteiger partial charge in [0.25, 0.3) is 5.91 Å². The van der Waals surface area contributed by atoms with Crippen LogP contribution in [0.25, 0.3) is 5.82 Å². The third-order valence-corrected chi connectivity index (χ3v) is 7.06. The Kier molecular flexibility index (Phi) is 4.36. The first-order valence-corrected chi connectivity index (χ1v) is 10.7. The lowest BCUT2D eigenvalue weighted by molar-refractivity contribution is 0.0587. The monoisotopic (exact) mass is 377 g/mol. The molecule has 2 aromatic heterocycles. The molecule has 0 bridgehead atoms. The molecule has 0 aromatic carbocycles. The Morgan fingerprint density at radius 2 is 1.85 bits per heavy atom. The highest BCUT2D eigenvalue weighted by Gasteiger charge is 2.35. The minimum Gasteiger partial charge on any atom is -0.336 e. The molecule has 0 saturated carbocycles. The van der Waals surface area contributed by atoms with Crippen molar-refractivity contribution >= 4 is 15.7 Å². The lowest BCUT2D eigenvalue weighted by atomic mass is 10.1. The van der Waals surface area contributed by atoms with Gasteiger partial charge in [-0.3, -0.25) is 14.4 Å². The number of amides is 1. The van der Waals surface area contributed by atoms with E-state index in [4.69, 9.17) is 0 Å². The van der Waals surface area contributed by atoms with Crippen molar-refractivity contribution in [2.45, 2.75) is 12.5 Å². The maximum Gasteiger partial charge on any atom is 0.259 e. The maximum absolute atomic E-state index is 13.0. The van der Waals surface area contributed by atoms with Gasteiger partial charge in [0.05, 0.1) is 17.7 Å². The number of rotatable bonds is 3. The maximum atomic E-state index is 13.0. The first-order valence-electron chi connectivity index (χ1n) is 8.84. The SMILES string of the molecule is Cn1ncc(C(=O)N2CCN([C@H]3CCS(=O)(=O)C3)CC2)c1-n1cccc1. The molecule has 0 unspecified atom stereocenters. The van der Waals surface area contributed by atoms with E-state index in [1.165, 1.54) is 0 Å². The Hall–Kier alpha value is -2.13. The smallest absolute Gasteiger partial charge is 0.259 e. The van der Waals surface area contributed by atoms with Crippen LogP contribution in [0.5, 0.6) is 0 Å². The highest BCUT2D eigenvalue weighted by atomic mass is 32.2. The molecule has 1 atom stereocenters. The second-order valence-electron chi connectivity index (χ2n) is 6.98. The van der Waals surface area contributed by atoms with Gasteiger partial charge in [-0.2, -0.15) is 5.10 Å². The Morgan fingerprint density at radius 3 is 2.46 bits per heavy atom. The van der Waals surface area contributed by atoms with Crippen LogP contribution in [-0.4, -0.2) is 82.2 Å². The second-order valence-corrected chi connectivity index (χ2v) is 9.21. The van der Waals surface area contributed by atoms with Crippen LogP contribution in [0.1, 0.15) is 16.8 Å². The summed E-state index contributed by atoms with van der Waals surface area (Å²) in [7, 11) is -1.06. The van der Waals surface area contributed by atoms with Gasteiger partial charge in [0.1, 0.15) is 11.4 Å². The molecule has 0 aliphatic carbocycles. The van der Waals surface area contributed by atoms with E-state index in [1.807, 2.05) is 41.0 Å². The van der Waals surface area contributed by atoms with Gasteiger partial charge in [-0.25, -0.2) is 8.42 Å². The van der Waals surface area contributed by atoms with Crippen molar-refractivity contribution in [2.24, 2.45) is 7.05 Å². The molecule has 140 valence electrons. The summed E-state index contributed by atoms with van der Waals surface area (Å²) >= 11 is 0. The van der Waals surface area contributed by atoms with Crippen molar-refractivity contribution < 1.29 is 13.2 Å². The van der Waals surface area contributed by atoms with Crippen molar-refractivity contribution in [2.75, 3.05) is 37.7 Å². The average Bonchev–Trinajstić information content (AvgIpc) is 3.34. The Bertz CT molecular complexity index is 895. The van der Waals surface area contributed by atoms with E-state index in [9.17, 15) is 13.2 Å². The van der Waals surface area contributed by atoms with Crippen LogP contribution < -0.4 is 0 Å². The molecule has 2 fully saturated rings. The van der Waals surface area contributed by atoms with E-state index in [1.54, 1.807) is 10.9 Å². The summed E-state index contributed by atoms with van der Waals surface area (Å²) in [4.78, 5) is 17.1. The number of hydrogen-bond acceptors (Lipinski definition) is 5. The summed E-state index contributed by atoms with van der Waals surface area (Å²) in [6, 6.07) is 3.93. The predicted molar refractivity (Wildman–Crippen MR) is 97.1 cm³/mol. The van der Waals surface area contributed by atoms with Crippen molar-refractivity contribution in [3.63, 3.8) is 0 Å². The second kappa shape index (κ2) is 6.55. The summed E-state index contributed by atoms with van der Waals surface area (Å²) < 4.78 is 27.0. The molecular weight excluding hydrogens is 354 g/mol. The minimum atomic E-state index is -2.88. The number of nitrogens with zero attached hydrogens (tertiary/aromatic N) is 5. The third-order valence-electron chi connectivity index (χ3n) is 5.31. The van der Waals surface area contributed by atoms with Crippen molar-refractivity contribution in [1.29, 1.82) is 0 Å². The Morgan fingerprint density at radius 1 is 1.15 bits per heavy atom. The fraction of sp³-hybridized carbons (Fsp3) is 0.529.